The molecule has 1 heterocycles. The van der Waals surface area contributed by atoms with Gasteiger partial charge in [0, 0.05) is 22.2 Å². The molecule has 5 heteroatoms. The van der Waals surface area contributed by atoms with Crippen LogP contribution in [-0.4, -0.2) is 23.5 Å². The van der Waals surface area contributed by atoms with Crippen LogP contribution in [0.1, 0.15) is 24.5 Å². The highest BCUT2D eigenvalue weighted by atomic mass is 127. The van der Waals surface area contributed by atoms with E-state index in [0.717, 1.165) is 17.7 Å². The van der Waals surface area contributed by atoms with Crippen LogP contribution in [0.2, 0.25) is 0 Å². The lowest BCUT2D eigenvalue weighted by molar-refractivity contribution is -0.141. The predicted molar refractivity (Wildman–Crippen MR) is 81.4 cm³/mol. The second-order valence-corrected chi connectivity index (χ2v) is 5.91. The number of halogens is 1. The maximum Gasteiger partial charge on any atom is 0.308 e. The number of carbonyl (C=O) groups is 2. The van der Waals surface area contributed by atoms with Gasteiger partial charge in [0.15, 0.2) is 0 Å². The Bertz CT molecular complexity index is 542. The fraction of sp³-hybridized carbons (Fsp3) is 0.429. The minimum Gasteiger partial charge on any atom is -0.481 e. The Hall–Kier alpha value is -1.11. The summed E-state index contributed by atoms with van der Waals surface area (Å²) in [7, 11) is 0. The molecule has 0 aromatic heterocycles. The van der Waals surface area contributed by atoms with Gasteiger partial charge in [-0.3, -0.25) is 9.59 Å². The molecule has 1 atom stereocenters. The van der Waals surface area contributed by atoms with Gasteiger partial charge in [-0.2, -0.15) is 0 Å². The largest absolute Gasteiger partial charge is 0.481 e. The maximum atomic E-state index is 11.9. The molecule has 0 aliphatic carbocycles. The number of aliphatic carboxylic acids is 1. The van der Waals surface area contributed by atoms with Crippen molar-refractivity contribution in [3.05, 3.63) is 26.8 Å². The van der Waals surface area contributed by atoms with Crippen LogP contribution in [0.25, 0.3) is 0 Å². The van der Waals surface area contributed by atoms with E-state index >= 15 is 0 Å². The molecule has 19 heavy (non-hydrogen) atoms. The lowest BCUT2D eigenvalue weighted by atomic mass is 10.1. The molecule has 0 saturated carbocycles. The van der Waals surface area contributed by atoms with Gasteiger partial charge in [-0.15, -0.1) is 0 Å². The first-order valence-electron chi connectivity index (χ1n) is 6.26. The van der Waals surface area contributed by atoms with E-state index in [4.69, 9.17) is 5.11 Å². The van der Waals surface area contributed by atoms with E-state index in [1.54, 1.807) is 4.90 Å². The summed E-state index contributed by atoms with van der Waals surface area (Å²) < 4.78 is 1.21. The molecule has 0 unspecified atom stereocenters. The highest BCUT2D eigenvalue weighted by molar-refractivity contribution is 14.1. The third-order valence-electron chi connectivity index (χ3n) is 3.48. The first-order valence-corrected chi connectivity index (χ1v) is 7.34. The predicted octanol–water partition coefficient (Wildman–Crippen LogP) is 2.60. The second-order valence-electron chi connectivity index (χ2n) is 4.83. The molecule has 1 amide bonds. The summed E-state index contributed by atoms with van der Waals surface area (Å²) in [5.74, 6) is -1.58. The van der Waals surface area contributed by atoms with E-state index < -0.39 is 11.9 Å². The number of benzene rings is 1. The molecule has 1 fully saturated rings. The van der Waals surface area contributed by atoms with Crippen LogP contribution in [0.3, 0.4) is 0 Å². The molecule has 1 N–H and O–H groups in total. The fourth-order valence-electron chi connectivity index (χ4n) is 2.36. The van der Waals surface area contributed by atoms with Crippen molar-refractivity contribution in [2.45, 2.75) is 26.7 Å². The van der Waals surface area contributed by atoms with E-state index in [9.17, 15) is 9.59 Å². The summed E-state index contributed by atoms with van der Waals surface area (Å²) in [4.78, 5) is 24.5. The maximum absolute atomic E-state index is 11.9. The van der Waals surface area contributed by atoms with Crippen LogP contribution in [0.5, 0.6) is 0 Å². The molecule has 1 aliphatic rings. The van der Waals surface area contributed by atoms with E-state index in [2.05, 4.69) is 29.5 Å². The number of carboxylic acids is 1. The smallest absolute Gasteiger partial charge is 0.308 e. The molecular weight excluding hydrogens is 357 g/mol. The number of anilines is 1. The van der Waals surface area contributed by atoms with Gasteiger partial charge in [0.25, 0.3) is 0 Å². The summed E-state index contributed by atoms with van der Waals surface area (Å²) in [6.07, 6.45) is 0.999. The lowest BCUT2D eigenvalue weighted by Gasteiger charge is -2.19. The van der Waals surface area contributed by atoms with Crippen molar-refractivity contribution in [1.82, 2.24) is 0 Å². The molecule has 0 bridgehead atoms. The average molecular weight is 373 g/mol. The van der Waals surface area contributed by atoms with Crippen LogP contribution in [0, 0.1) is 16.4 Å². The number of rotatable bonds is 3. The highest BCUT2D eigenvalue weighted by Gasteiger charge is 2.35. The third-order valence-corrected chi connectivity index (χ3v) is 5.03. The Morgan fingerprint density at radius 3 is 2.74 bits per heavy atom. The summed E-state index contributed by atoms with van der Waals surface area (Å²) in [6.45, 7) is 4.36. The van der Waals surface area contributed by atoms with Crippen molar-refractivity contribution in [1.29, 1.82) is 0 Å². The van der Waals surface area contributed by atoms with Gasteiger partial charge in [-0.05, 0) is 59.2 Å². The Balaban J connectivity index is 2.35. The zero-order valence-corrected chi connectivity index (χ0v) is 13.1. The topological polar surface area (TPSA) is 57.6 Å². The van der Waals surface area contributed by atoms with Crippen molar-refractivity contribution in [3.8, 4) is 0 Å². The highest BCUT2D eigenvalue weighted by Crippen LogP contribution is 2.30. The van der Waals surface area contributed by atoms with Crippen molar-refractivity contribution in [3.63, 3.8) is 0 Å². The van der Waals surface area contributed by atoms with Gasteiger partial charge in [0.2, 0.25) is 5.91 Å². The number of carboxylic acid groups (broad SMARTS) is 1. The fourth-order valence-corrected chi connectivity index (χ4v) is 3.05. The Kier molecular flexibility index (Phi) is 4.13. The van der Waals surface area contributed by atoms with Crippen molar-refractivity contribution >= 4 is 40.2 Å². The summed E-state index contributed by atoms with van der Waals surface area (Å²) in [6, 6.07) is 3.96. The first-order chi connectivity index (χ1) is 8.93. The zero-order chi connectivity index (χ0) is 14.2. The molecular formula is C14H16INO3. The minimum absolute atomic E-state index is 0.0990. The number of hydrogen-bond acceptors (Lipinski definition) is 2. The SMILES string of the molecule is CCc1cc(N2C[C@H](C(=O)O)CC2=O)cc(C)c1I. The van der Waals surface area contributed by atoms with E-state index in [1.165, 1.54) is 9.13 Å². The number of aryl methyl sites for hydroxylation is 2. The van der Waals surface area contributed by atoms with Crippen molar-refractivity contribution in [2.24, 2.45) is 5.92 Å². The molecule has 1 aromatic rings. The number of hydrogen-bond donors (Lipinski definition) is 1. The molecule has 0 spiro atoms. The Morgan fingerprint density at radius 1 is 1.53 bits per heavy atom. The average Bonchev–Trinajstić information content (AvgIpc) is 2.75. The van der Waals surface area contributed by atoms with Gasteiger partial charge in [0.05, 0.1) is 5.92 Å². The van der Waals surface area contributed by atoms with E-state index in [-0.39, 0.29) is 18.9 Å². The van der Waals surface area contributed by atoms with Crippen LogP contribution in [0.15, 0.2) is 12.1 Å². The molecule has 2 rings (SSSR count). The van der Waals surface area contributed by atoms with Crippen LogP contribution < -0.4 is 4.90 Å². The Morgan fingerprint density at radius 2 is 2.21 bits per heavy atom. The Labute approximate surface area is 125 Å². The first kappa shape index (κ1) is 14.3. The molecule has 4 nitrogen and oxygen atoms in total. The normalized spacial score (nSPS) is 19.0. The third kappa shape index (κ3) is 2.75. The number of nitrogens with zero attached hydrogens (tertiary/aromatic N) is 1. The standard InChI is InChI=1S/C14H16INO3/c1-3-9-5-11(4-8(2)13(9)15)16-7-10(14(18)19)6-12(16)17/h4-5,10H,3,6-7H2,1-2H3,(H,18,19)/t10-/m1/s1. The van der Waals surface area contributed by atoms with Gasteiger partial charge in [-0.25, -0.2) is 0 Å². The van der Waals surface area contributed by atoms with Crippen molar-refractivity contribution < 1.29 is 14.7 Å². The minimum atomic E-state index is -0.895. The quantitative estimate of drug-likeness (QED) is 0.829. The molecule has 102 valence electrons. The van der Waals surface area contributed by atoms with Crippen molar-refractivity contribution in [2.75, 3.05) is 11.4 Å². The molecule has 1 saturated heterocycles. The van der Waals surface area contributed by atoms with Gasteiger partial charge in [-0.1, -0.05) is 6.92 Å². The summed E-state index contributed by atoms with van der Waals surface area (Å²) >= 11 is 2.31. The van der Waals surface area contributed by atoms with E-state index in [1.807, 2.05) is 19.1 Å². The van der Waals surface area contributed by atoms with E-state index in [0.29, 0.717) is 0 Å². The lowest BCUT2D eigenvalue weighted by Crippen LogP contribution is -2.26. The van der Waals surface area contributed by atoms with Crippen LogP contribution in [0.4, 0.5) is 5.69 Å². The monoisotopic (exact) mass is 373 g/mol. The second kappa shape index (κ2) is 5.48. The number of carbonyl (C=O) groups excluding carboxylic acids is 1. The zero-order valence-electron chi connectivity index (χ0n) is 10.9. The van der Waals surface area contributed by atoms with Crippen LogP contribution >= 0.6 is 22.6 Å². The van der Waals surface area contributed by atoms with Gasteiger partial charge in [0.1, 0.15) is 0 Å². The molecule has 0 radical (unpaired) electrons. The van der Waals surface area contributed by atoms with Gasteiger partial charge < -0.3 is 10.0 Å². The molecule has 1 aliphatic heterocycles. The number of amides is 1. The molecule has 1 aromatic carbocycles. The summed E-state index contributed by atoms with van der Waals surface area (Å²) in [5, 5.41) is 9.02. The van der Waals surface area contributed by atoms with Gasteiger partial charge >= 0.3 is 5.97 Å². The summed E-state index contributed by atoms with van der Waals surface area (Å²) in [5.41, 5.74) is 3.15. The van der Waals surface area contributed by atoms with Crippen LogP contribution in [-0.2, 0) is 16.0 Å².